The summed E-state index contributed by atoms with van der Waals surface area (Å²) >= 11 is 0. The first-order valence-electron chi connectivity index (χ1n) is 7.61. The molecule has 4 heteroatoms. The van der Waals surface area contributed by atoms with Gasteiger partial charge in [-0.15, -0.1) is 0 Å². The molecule has 0 saturated heterocycles. The van der Waals surface area contributed by atoms with Crippen LogP contribution in [0.3, 0.4) is 0 Å². The predicted molar refractivity (Wildman–Crippen MR) is 84.3 cm³/mol. The van der Waals surface area contributed by atoms with Crippen LogP contribution in [0.25, 0.3) is 10.9 Å². The molecule has 3 N–H and O–H groups in total. The Kier molecular flexibility index (Phi) is 5.15. The number of benzene rings is 1. The highest BCUT2D eigenvalue weighted by Crippen LogP contribution is 2.22. The summed E-state index contributed by atoms with van der Waals surface area (Å²) in [5.74, 6) is 6.30. The molecule has 0 aliphatic carbocycles. The molecule has 2 rings (SSSR count). The molecular formula is C16H26N4. The van der Waals surface area contributed by atoms with E-state index in [1.807, 2.05) is 0 Å². The van der Waals surface area contributed by atoms with Crippen molar-refractivity contribution in [1.82, 2.24) is 15.2 Å². The predicted octanol–water partition coefficient (Wildman–Crippen LogP) is 2.87. The lowest BCUT2D eigenvalue weighted by Gasteiger charge is -2.22. The van der Waals surface area contributed by atoms with E-state index in [1.165, 1.54) is 23.7 Å². The lowest BCUT2D eigenvalue weighted by molar-refractivity contribution is 0.354. The highest BCUT2D eigenvalue weighted by atomic mass is 15.3. The molecule has 1 heterocycles. The van der Waals surface area contributed by atoms with Crippen molar-refractivity contribution in [2.75, 3.05) is 0 Å². The molecule has 20 heavy (non-hydrogen) atoms. The van der Waals surface area contributed by atoms with Crippen molar-refractivity contribution in [1.29, 1.82) is 0 Å². The molecule has 0 fully saturated rings. The minimum atomic E-state index is 0.276. The van der Waals surface area contributed by atoms with E-state index in [1.54, 1.807) is 0 Å². The monoisotopic (exact) mass is 274 g/mol. The molecular weight excluding hydrogens is 248 g/mol. The van der Waals surface area contributed by atoms with Crippen molar-refractivity contribution in [3.8, 4) is 0 Å². The Labute approximate surface area is 121 Å². The lowest BCUT2D eigenvalue weighted by atomic mass is 9.93. The quantitative estimate of drug-likeness (QED) is 0.603. The van der Waals surface area contributed by atoms with E-state index in [-0.39, 0.29) is 6.04 Å². The van der Waals surface area contributed by atoms with Gasteiger partial charge in [0, 0.05) is 24.4 Å². The standard InChI is InChI=1S/C16H26N4/c1-4-8-12(3)14(18-17)11-15-13-9-6-7-10-16(13)20(5-2)19-15/h6-7,9-10,12,14,18H,4-5,8,11,17H2,1-3H3. The summed E-state index contributed by atoms with van der Waals surface area (Å²) in [5, 5.41) is 6.01. The Bertz CT molecular complexity index is 546. The average Bonchev–Trinajstić information content (AvgIpc) is 2.83. The fraction of sp³-hybridized carbons (Fsp3) is 0.562. The third kappa shape index (κ3) is 3.02. The van der Waals surface area contributed by atoms with Crippen LogP contribution in [0, 0.1) is 5.92 Å². The van der Waals surface area contributed by atoms with Crippen molar-refractivity contribution in [3.63, 3.8) is 0 Å². The van der Waals surface area contributed by atoms with Crippen molar-refractivity contribution in [2.24, 2.45) is 11.8 Å². The molecule has 2 atom stereocenters. The molecule has 0 bridgehead atoms. The van der Waals surface area contributed by atoms with E-state index in [0.717, 1.165) is 18.7 Å². The summed E-state index contributed by atoms with van der Waals surface area (Å²) in [6.07, 6.45) is 3.25. The Balaban J connectivity index is 2.28. The summed E-state index contributed by atoms with van der Waals surface area (Å²) in [6, 6.07) is 8.71. The maximum atomic E-state index is 5.75. The molecule has 2 unspecified atom stereocenters. The van der Waals surface area contributed by atoms with E-state index < -0.39 is 0 Å². The number of hydrogen-bond donors (Lipinski definition) is 2. The number of aryl methyl sites for hydroxylation is 1. The summed E-state index contributed by atoms with van der Waals surface area (Å²) in [5.41, 5.74) is 5.34. The summed E-state index contributed by atoms with van der Waals surface area (Å²) in [6.45, 7) is 7.49. The number of nitrogens with two attached hydrogens (primary N) is 1. The first kappa shape index (κ1) is 15.0. The Morgan fingerprint density at radius 2 is 2.05 bits per heavy atom. The van der Waals surface area contributed by atoms with E-state index in [2.05, 4.69) is 55.1 Å². The number of para-hydroxylation sites is 1. The number of fused-ring (bicyclic) bond motifs is 1. The topological polar surface area (TPSA) is 55.9 Å². The molecule has 2 aromatic rings. The molecule has 0 amide bonds. The van der Waals surface area contributed by atoms with Crippen LogP contribution in [-0.2, 0) is 13.0 Å². The van der Waals surface area contributed by atoms with Crippen LogP contribution in [0.15, 0.2) is 24.3 Å². The molecule has 4 nitrogen and oxygen atoms in total. The van der Waals surface area contributed by atoms with Crippen LogP contribution in [0.4, 0.5) is 0 Å². The Morgan fingerprint density at radius 1 is 1.30 bits per heavy atom. The maximum absolute atomic E-state index is 5.75. The van der Waals surface area contributed by atoms with E-state index >= 15 is 0 Å². The van der Waals surface area contributed by atoms with Crippen molar-refractivity contribution in [2.45, 2.75) is 52.6 Å². The fourth-order valence-electron chi connectivity index (χ4n) is 2.88. The highest BCUT2D eigenvalue weighted by molar-refractivity contribution is 5.82. The number of nitrogens with zero attached hydrogens (tertiary/aromatic N) is 2. The zero-order chi connectivity index (χ0) is 14.5. The normalized spacial score (nSPS) is 14.6. The van der Waals surface area contributed by atoms with Gasteiger partial charge in [0.25, 0.3) is 0 Å². The number of aromatic nitrogens is 2. The average molecular weight is 274 g/mol. The summed E-state index contributed by atoms with van der Waals surface area (Å²) in [7, 11) is 0. The number of nitrogens with one attached hydrogen (secondary N) is 1. The zero-order valence-corrected chi connectivity index (χ0v) is 12.8. The van der Waals surface area contributed by atoms with E-state index in [4.69, 9.17) is 10.9 Å². The minimum absolute atomic E-state index is 0.276. The molecule has 0 aliphatic heterocycles. The molecule has 0 spiro atoms. The van der Waals surface area contributed by atoms with Crippen LogP contribution in [0.2, 0.25) is 0 Å². The molecule has 1 aromatic carbocycles. The van der Waals surface area contributed by atoms with Gasteiger partial charge in [0.1, 0.15) is 0 Å². The van der Waals surface area contributed by atoms with Gasteiger partial charge in [0.15, 0.2) is 0 Å². The second-order valence-corrected chi connectivity index (χ2v) is 5.52. The smallest absolute Gasteiger partial charge is 0.0719 e. The number of hydrogen-bond acceptors (Lipinski definition) is 3. The van der Waals surface area contributed by atoms with Crippen LogP contribution in [0.1, 0.15) is 39.3 Å². The van der Waals surface area contributed by atoms with Crippen molar-refractivity contribution in [3.05, 3.63) is 30.0 Å². The van der Waals surface area contributed by atoms with Crippen LogP contribution >= 0.6 is 0 Å². The fourth-order valence-corrected chi connectivity index (χ4v) is 2.88. The largest absolute Gasteiger partial charge is 0.271 e. The van der Waals surface area contributed by atoms with Crippen LogP contribution in [0.5, 0.6) is 0 Å². The number of rotatable bonds is 7. The second-order valence-electron chi connectivity index (χ2n) is 5.52. The van der Waals surface area contributed by atoms with Gasteiger partial charge < -0.3 is 0 Å². The Morgan fingerprint density at radius 3 is 2.70 bits per heavy atom. The van der Waals surface area contributed by atoms with Gasteiger partial charge in [-0.05, 0) is 25.3 Å². The lowest BCUT2D eigenvalue weighted by Crippen LogP contribution is -2.41. The molecule has 0 aliphatic rings. The van der Waals surface area contributed by atoms with Gasteiger partial charge in [-0.1, -0.05) is 38.5 Å². The minimum Gasteiger partial charge on any atom is -0.271 e. The van der Waals surface area contributed by atoms with Crippen molar-refractivity contribution < 1.29 is 0 Å². The van der Waals surface area contributed by atoms with Crippen LogP contribution in [-0.4, -0.2) is 15.8 Å². The first-order valence-corrected chi connectivity index (χ1v) is 7.61. The second kappa shape index (κ2) is 6.86. The molecule has 0 saturated carbocycles. The first-order chi connectivity index (χ1) is 9.71. The number of hydrazine groups is 1. The summed E-state index contributed by atoms with van der Waals surface area (Å²) in [4.78, 5) is 0. The van der Waals surface area contributed by atoms with E-state index in [9.17, 15) is 0 Å². The van der Waals surface area contributed by atoms with Gasteiger partial charge in [-0.2, -0.15) is 5.10 Å². The molecule has 0 radical (unpaired) electrons. The third-order valence-corrected chi connectivity index (χ3v) is 4.09. The SMILES string of the molecule is CCCC(C)C(Cc1nn(CC)c2ccccc12)NN. The van der Waals surface area contributed by atoms with Gasteiger partial charge in [-0.3, -0.25) is 16.0 Å². The van der Waals surface area contributed by atoms with Gasteiger partial charge >= 0.3 is 0 Å². The molecule has 110 valence electrons. The van der Waals surface area contributed by atoms with Crippen molar-refractivity contribution >= 4 is 10.9 Å². The van der Waals surface area contributed by atoms with Gasteiger partial charge in [0.05, 0.1) is 11.2 Å². The molecule has 1 aromatic heterocycles. The summed E-state index contributed by atoms with van der Waals surface area (Å²) < 4.78 is 2.07. The Hall–Kier alpha value is -1.39. The van der Waals surface area contributed by atoms with Gasteiger partial charge in [-0.25, -0.2) is 0 Å². The zero-order valence-electron chi connectivity index (χ0n) is 12.8. The third-order valence-electron chi connectivity index (χ3n) is 4.09. The van der Waals surface area contributed by atoms with Crippen LogP contribution < -0.4 is 11.3 Å². The highest BCUT2D eigenvalue weighted by Gasteiger charge is 2.19. The van der Waals surface area contributed by atoms with Gasteiger partial charge in [0.2, 0.25) is 0 Å². The maximum Gasteiger partial charge on any atom is 0.0719 e. The van der Waals surface area contributed by atoms with E-state index in [0.29, 0.717) is 5.92 Å².